The molecule has 1 aliphatic carbocycles. The molecule has 0 bridgehead atoms. The van der Waals surface area contributed by atoms with Crippen LogP contribution in [0.1, 0.15) is 44.1 Å². The molecule has 0 amide bonds. The van der Waals surface area contributed by atoms with Gasteiger partial charge in [-0.3, -0.25) is 9.98 Å². The van der Waals surface area contributed by atoms with Gasteiger partial charge in [-0.05, 0) is 24.5 Å². The SMILES string of the molecule is CN=C(NCCOC1CCCCCC1)NCc1cccc2cccnc12.I. The summed E-state index contributed by atoms with van der Waals surface area (Å²) in [5, 5.41) is 7.86. The van der Waals surface area contributed by atoms with Gasteiger partial charge in [0, 0.05) is 31.7 Å². The Labute approximate surface area is 179 Å². The second kappa shape index (κ2) is 12.1. The van der Waals surface area contributed by atoms with Crippen LogP contribution in [0.15, 0.2) is 41.5 Å². The molecule has 0 spiro atoms. The molecule has 0 radical (unpaired) electrons. The lowest BCUT2D eigenvalue weighted by Crippen LogP contribution is -2.39. The maximum Gasteiger partial charge on any atom is 0.191 e. The Kier molecular flexibility index (Phi) is 9.83. The summed E-state index contributed by atoms with van der Waals surface area (Å²) in [5.41, 5.74) is 2.20. The fraction of sp³-hybridized carbons (Fsp3) is 0.524. The Morgan fingerprint density at radius 1 is 1.11 bits per heavy atom. The minimum absolute atomic E-state index is 0. The lowest BCUT2D eigenvalue weighted by atomic mass is 10.1. The summed E-state index contributed by atoms with van der Waals surface area (Å²) >= 11 is 0. The van der Waals surface area contributed by atoms with Gasteiger partial charge in [0.25, 0.3) is 0 Å². The predicted molar refractivity (Wildman–Crippen MR) is 123 cm³/mol. The number of benzene rings is 1. The Morgan fingerprint density at radius 2 is 1.89 bits per heavy atom. The molecular weight excluding hydrogens is 451 g/mol. The number of ether oxygens (including phenoxy) is 1. The molecule has 1 saturated carbocycles. The standard InChI is InChI=1S/C21H30N4O.HI/c1-22-21(24-14-15-26-19-11-4-2-3-5-12-19)25-16-18-9-6-8-17-10-7-13-23-20(17)18;/h6-10,13,19H,2-5,11-12,14-16H2,1H3,(H2,22,24,25);1H. The third-order valence-electron chi connectivity index (χ3n) is 4.94. The van der Waals surface area contributed by atoms with Gasteiger partial charge >= 0.3 is 0 Å². The third-order valence-corrected chi connectivity index (χ3v) is 4.94. The number of halogens is 1. The molecule has 0 atom stereocenters. The van der Waals surface area contributed by atoms with Gasteiger partial charge in [-0.2, -0.15) is 0 Å². The smallest absolute Gasteiger partial charge is 0.191 e. The van der Waals surface area contributed by atoms with Crippen molar-refractivity contribution in [2.24, 2.45) is 4.99 Å². The average Bonchev–Trinajstić information content (AvgIpc) is 2.96. The monoisotopic (exact) mass is 482 g/mol. The zero-order valence-corrected chi connectivity index (χ0v) is 18.4. The van der Waals surface area contributed by atoms with Crippen molar-refractivity contribution in [1.29, 1.82) is 0 Å². The molecule has 1 heterocycles. The van der Waals surface area contributed by atoms with Crippen LogP contribution in [-0.2, 0) is 11.3 Å². The van der Waals surface area contributed by atoms with E-state index in [2.05, 4.69) is 44.9 Å². The highest BCUT2D eigenvalue weighted by atomic mass is 127. The summed E-state index contributed by atoms with van der Waals surface area (Å²) in [6.07, 6.45) is 10.0. The molecule has 1 aromatic carbocycles. The van der Waals surface area contributed by atoms with E-state index >= 15 is 0 Å². The minimum atomic E-state index is 0. The van der Waals surface area contributed by atoms with E-state index in [9.17, 15) is 0 Å². The van der Waals surface area contributed by atoms with Crippen molar-refractivity contribution in [1.82, 2.24) is 15.6 Å². The van der Waals surface area contributed by atoms with Gasteiger partial charge in [-0.25, -0.2) is 0 Å². The Bertz CT molecular complexity index is 709. The van der Waals surface area contributed by atoms with Crippen molar-refractivity contribution >= 4 is 40.8 Å². The van der Waals surface area contributed by atoms with E-state index in [1.807, 2.05) is 12.3 Å². The lowest BCUT2D eigenvalue weighted by Gasteiger charge is -2.17. The Hall–Kier alpha value is -1.41. The summed E-state index contributed by atoms with van der Waals surface area (Å²) in [5.74, 6) is 0.794. The van der Waals surface area contributed by atoms with Gasteiger partial charge < -0.3 is 15.4 Å². The van der Waals surface area contributed by atoms with E-state index in [-0.39, 0.29) is 24.0 Å². The molecule has 0 saturated heterocycles. The number of pyridine rings is 1. The second-order valence-corrected chi connectivity index (χ2v) is 6.83. The topological polar surface area (TPSA) is 58.5 Å². The van der Waals surface area contributed by atoms with Gasteiger partial charge in [0.15, 0.2) is 5.96 Å². The van der Waals surface area contributed by atoms with E-state index in [0.29, 0.717) is 12.6 Å². The average molecular weight is 482 g/mol. The third kappa shape index (κ3) is 6.92. The number of para-hydroxylation sites is 1. The van der Waals surface area contributed by atoms with Crippen LogP contribution in [0.4, 0.5) is 0 Å². The molecule has 148 valence electrons. The molecule has 0 unspecified atom stereocenters. The van der Waals surface area contributed by atoms with Crippen molar-refractivity contribution in [3.05, 3.63) is 42.1 Å². The summed E-state index contributed by atoms with van der Waals surface area (Å²) in [7, 11) is 1.79. The fourth-order valence-electron chi connectivity index (χ4n) is 3.51. The normalized spacial score (nSPS) is 15.8. The van der Waals surface area contributed by atoms with Crippen LogP contribution in [0.3, 0.4) is 0 Å². The first-order valence-electron chi connectivity index (χ1n) is 9.75. The van der Waals surface area contributed by atoms with Crippen molar-refractivity contribution < 1.29 is 4.74 Å². The zero-order valence-electron chi connectivity index (χ0n) is 16.1. The van der Waals surface area contributed by atoms with Crippen molar-refractivity contribution in [3.63, 3.8) is 0 Å². The number of rotatable bonds is 6. The molecule has 1 aliphatic rings. The number of aliphatic imine (C=N–C) groups is 1. The number of nitrogens with zero attached hydrogens (tertiary/aromatic N) is 2. The molecule has 27 heavy (non-hydrogen) atoms. The quantitative estimate of drug-likeness (QED) is 0.213. The zero-order chi connectivity index (χ0) is 18.0. The van der Waals surface area contributed by atoms with Crippen LogP contribution in [0.25, 0.3) is 10.9 Å². The highest BCUT2D eigenvalue weighted by Crippen LogP contribution is 2.19. The fourth-order valence-corrected chi connectivity index (χ4v) is 3.51. The number of hydrogen-bond acceptors (Lipinski definition) is 3. The van der Waals surface area contributed by atoms with Gasteiger partial charge in [0.1, 0.15) is 0 Å². The van der Waals surface area contributed by atoms with E-state index in [1.165, 1.54) is 44.1 Å². The Balaban J connectivity index is 0.00000261. The largest absolute Gasteiger partial charge is 0.376 e. The van der Waals surface area contributed by atoms with Crippen LogP contribution in [0.2, 0.25) is 0 Å². The van der Waals surface area contributed by atoms with E-state index in [1.54, 1.807) is 7.05 Å². The first-order valence-corrected chi connectivity index (χ1v) is 9.75. The second-order valence-electron chi connectivity index (χ2n) is 6.83. The summed E-state index contributed by atoms with van der Waals surface area (Å²) < 4.78 is 6.02. The maximum atomic E-state index is 6.02. The van der Waals surface area contributed by atoms with E-state index in [4.69, 9.17) is 4.74 Å². The molecule has 6 heteroatoms. The number of hydrogen-bond donors (Lipinski definition) is 2. The van der Waals surface area contributed by atoms with Crippen LogP contribution in [0, 0.1) is 0 Å². The minimum Gasteiger partial charge on any atom is -0.376 e. The van der Waals surface area contributed by atoms with Crippen LogP contribution in [-0.4, -0.2) is 37.2 Å². The van der Waals surface area contributed by atoms with Gasteiger partial charge in [0.05, 0.1) is 18.2 Å². The van der Waals surface area contributed by atoms with Crippen LogP contribution < -0.4 is 10.6 Å². The number of nitrogens with one attached hydrogen (secondary N) is 2. The summed E-state index contributed by atoms with van der Waals surface area (Å²) in [6.45, 7) is 2.18. The first kappa shape index (κ1) is 21.9. The molecule has 2 aromatic rings. The molecule has 3 rings (SSSR count). The van der Waals surface area contributed by atoms with Gasteiger partial charge in [-0.15, -0.1) is 24.0 Å². The predicted octanol–water partition coefficient (Wildman–Crippen LogP) is 4.26. The summed E-state index contributed by atoms with van der Waals surface area (Å²) in [6, 6.07) is 10.3. The lowest BCUT2D eigenvalue weighted by molar-refractivity contribution is 0.0468. The molecule has 2 N–H and O–H groups in total. The highest BCUT2D eigenvalue weighted by Gasteiger charge is 2.12. The van der Waals surface area contributed by atoms with E-state index in [0.717, 1.165) is 30.0 Å². The van der Waals surface area contributed by atoms with Gasteiger partial charge in [-0.1, -0.05) is 49.9 Å². The van der Waals surface area contributed by atoms with Crippen LogP contribution in [0.5, 0.6) is 0 Å². The maximum absolute atomic E-state index is 6.02. The number of aromatic nitrogens is 1. The number of guanidine groups is 1. The molecular formula is C21H31IN4O. The van der Waals surface area contributed by atoms with E-state index < -0.39 is 0 Å². The van der Waals surface area contributed by atoms with Gasteiger partial charge in [0.2, 0.25) is 0 Å². The van der Waals surface area contributed by atoms with Crippen molar-refractivity contribution in [2.45, 2.75) is 51.2 Å². The molecule has 1 aromatic heterocycles. The Morgan fingerprint density at radius 3 is 2.67 bits per heavy atom. The molecule has 1 fully saturated rings. The van der Waals surface area contributed by atoms with Crippen LogP contribution >= 0.6 is 24.0 Å². The van der Waals surface area contributed by atoms with Crippen molar-refractivity contribution in [3.8, 4) is 0 Å². The summed E-state index contributed by atoms with van der Waals surface area (Å²) in [4.78, 5) is 8.80. The number of fused-ring (bicyclic) bond motifs is 1. The first-order chi connectivity index (χ1) is 12.9. The molecule has 0 aliphatic heterocycles. The molecule has 5 nitrogen and oxygen atoms in total. The van der Waals surface area contributed by atoms with Crippen molar-refractivity contribution in [2.75, 3.05) is 20.2 Å². The highest BCUT2D eigenvalue weighted by molar-refractivity contribution is 14.0.